The third-order valence-electron chi connectivity index (χ3n) is 8.63. The lowest BCUT2D eigenvalue weighted by atomic mass is 9.79. The molecule has 0 radical (unpaired) electrons. The highest BCUT2D eigenvalue weighted by Gasteiger charge is 2.44. The Labute approximate surface area is 238 Å². The molecule has 4 aromatic carbocycles. The van der Waals surface area contributed by atoms with Crippen LogP contribution in [0.15, 0.2) is 114 Å². The average molecular weight is 525 g/mol. The van der Waals surface area contributed by atoms with Gasteiger partial charge in [-0.2, -0.15) is 9.68 Å². The van der Waals surface area contributed by atoms with Crippen molar-refractivity contribution >= 4 is 44.8 Å². The van der Waals surface area contributed by atoms with Crippen LogP contribution in [0, 0.1) is 0 Å². The van der Waals surface area contributed by atoms with E-state index in [1.165, 1.54) is 55.5 Å². The van der Waals surface area contributed by atoms with E-state index in [1.54, 1.807) is 0 Å². The minimum absolute atomic E-state index is 0.0877. The molecule has 3 nitrogen and oxygen atoms in total. The first-order chi connectivity index (χ1) is 19.3. The third-order valence-corrected chi connectivity index (χ3v) is 8.63. The van der Waals surface area contributed by atoms with E-state index in [1.807, 2.05) is 6.21 Å². The predicted molar refractivity (Wildman–Crippen MR) is 172 cm³/mol. The summed E-state index contributed by atoms with van der Waals surface area (Å²) in [6, 6.07) is 26.3. The van der Waals surface area contributed by atoms with Crippen molar-refractivity contribution in [1.29, 1.82) is 0 Å². The van der Waals surface area contributed by atoms with Crippen LogP contribution < -0.4 is 5.01 Å². The molecule has 0 spiro atoms. The fourth-order valence-corrected chi connectivity index (χ4v) is 6.73. The first-order valence-electron chi connectivity index (χ1n) is 14.3. The van der Waals surface area contributed by atoms with Crippen molar-refractivity contribution < 1.29 is 4.58 Å². The van der Waals surface area contributed by atoms with Crippen LogP contribution in [0.5, 0.6) is 0 Å². The first kappa shape index (κ1) is 26.0. The van der Waals surface area contributed by atoms with Crippen LogP contribution in [-0.2, 0) is 10.8 Å². The Morgan fingerprint density at radius 3 is 2.10 bits per heavy atom. The molecule has 0 aliphatic carbocycles. The number of nitrogens with zero attached hydrogens (tertiary/aromatic N) is 3. The molecule has 0 aromatic heterocycles. The summed E-state index contributed by atoms with van der Waals surface area (Å²) in [4.78, 5) is 0. The van der Waals surface area contributed by atoms with Crippen LogP contribution in [0.3, 0.4) is 0 Å². The number of anilines is 1. The van der Waals surface area contributed by atoms with Gasteiger partial charge in [0.2, 0.25) is 5.69 Å². The topological polar surface area (TPSA) is 18.6 Å². The minimum Gasteiger partial charge on any atom is -0.237 e. The Morgan fingerprint density at radius 2 is 1.40 bits per heavy atom. The Balaban J connectivity index is 1.34. The molecule has 0 amide bonds. The van der Waals surface area contributed by atoms with Gasteiger partial charge in [-0.15, -0.1) is 0 Å². The molecule has 0 saturated carbocycles. The maximum absolute atomic E-state index is 4.88. The summed E-state index contributed by atoms with van der Waals surface area (Å²) >= 11 is 0. The minimum atomic E-state index is -0.180. The second kappa shape index (κ2) is 9.75. The average Bonchev–Trinajstić information content (AvgIpc) is 3.29. The zero-order valence-corrected chi connectivity index (χ0v) is 24.4. The Morgan fingerprint density at radius 1 is 0.750 bits per heavy atom. The van der Waals surface area contributed by atoms with Crippen LogP contribution >= 0.6 is 0 Å². The van der Waals surface area contributed by atoms with E-state index in [0.29, 0.717) is 0 Å². The molecule has 0 N–H and O–H groups in total. The van der Waals surface area contributed by atoms with Gasteiger partial charge in [0.05, 0.1) is 16.8 Å². The number of rotatable bonds is 5. The Hall–Kier alpha value is -4.24. The Kier molecular flexibility index (Phi) is 6.34. The van der Waals surface area contributed by atoms with Crippen LogP contribution in [0.4, 0.5) is 11.4 Å². The van der Waals surface area contributed by atoms with Crippen molar-refractivity contribution in [3.63, 3.8) is 0 Å². The molecule has 4 aromatic rings. The second-order valence-corrected chi connectivity index (χ2v) is 11.9. The summed E-state index contributed by atoms with van der Waals surface area (Å²) in [5.74, 6) is 0. The molecule has 0 atom stereocenters. The molecule has 2 aliphatic rings. The highest BCUT2D eigenvalue weighted by Crippen LogP contribution is 2.51. The molecule has 2 aliphatic heterocycles. The van der Waals surface area contributed by atoms with Gasteiger partial charge in [-0.25, -0.2) is 5.01 Å². The van der Waals surface area contributed by atoms with Gasteiger partial charge in [-0.3, -0.25) is 0 Å². The smallest absolute Gasteiger partial charge is 0.210 e. The van der Waals surface area contributed by atoms with Crippen molar-refractivity contribution in [3.05, 3.63) is 120 Å². The summed E-state index contributed by atoms with van der Waals surface area (Å²) in [6.45, 7) is 11.4. The van der Waals surface area contributed by atoms with Crippen molar-refractivity contribution in [2.45, 2.75) is 51.9 Å². The molecule has 0 bridgehead atoms. The molecule has 0 fully saturated rings. The van der Waals surface area contributed by atoms with Crippen molar-refractivity contribution in [1.82, 2.24) is 0 Å². The van der Waals surface area contributed by atoms with Gasteiger partial charge in [0.1, 0.15) is 7.05 Å². The number of hydrogen-bond acceptors (Lipinski definition) is 2. The van der Waals surface area contributed by atoms with Gasteiger partial charge in [0, 0.05) is 29.3 Å². The van der Waals surface area contributed by atoms with Crippen LogP contribution in [0.1, 0.15) is 52.2 Å². The molecule has 3 heteroatoms. The molecule has 2 heterocycles. The summed E-state index contributed by atoms with van der Waals surface area (Å²) in [5.41, 5.74) is 7.40. The number of allylic oxidation sites excluding steroid dienone is 6. The lowest BCUT2D eigenvalue weighted by Gasteiger charge is -2.23. The molecule has 40 heavy (non-hydrogen) atoms. The van der Waals surface area contributed by atoms with E-state index < -0.39 is 0 Å². The zero-order valence-electron chi connectivity index (χ0n) is 24.4. The van der Waals surface area contributed by atoms with Gasteiger partial charge < -0.3 is 0 Å². The molecule has 6 rings (SSSR count). The van der Waals surface area contributed by atoms with Gasteiger partial charge in [-0.05, 0) is 65.6 Å². The molecular weight excluding hydrogens is 486 g/mol. The maximum atomic E-state index is 4.88. The lowest BCUT2D eigenvalue weighted by molar-refractivity contribution is -0.401. The summed E-state index contributed by atoms with van der Waals surface area (Å²) in [6.07, 6.45) is 13.8. The fourth-order valence-electron chi connectivity index (χ4n) is 6.73. The van der Waals surface area contributed by atoms with E-state index in [-0.39, 0.29) is 10.8 Å². The van der Waals surface area contributed by atoms with E-state index >= 15 is 0 Å². The molecule has 0 unspecified atom stereocenters. The van der Waals surface area contributed by atoms with Crippen LogP contribution in [0.25, 0.3) is 21.5 Å². The number of benzene rings is 4. The highest BCUT2D eigenvalue weighted by atomic mass is 15.5. The summed E-state index contributed by atoms with van der Waals surface area (Å²) in [7, 11) is 2.18. The van der Waals surface area contributed by atoms with E-state index in [4.69, 9.17) is 5.10 Å². The van der Waals surface area contributed by atoms with Crippen LogP contribution in [-0.4, -0.2) is 23.5 Å². The van der Waals surface area contributed by atoms with Crippen molar-refractivity contribution in [2.75, 3.05) is 12.1 Å². The second-order valence-electron chi connectivity index (χ2n) is 11.9. The standard InChI is InChI=1S/C37H38N3/c1-7-25-38-40-31-24-22-27-16-12-14-18-29(27)35(31)37(4,5)33(40)20-10-8-9-19-32-36(2,3)34-28-17-13-11-15-26(28)21-23-30(34)39(32)6/h8-25H,7H2,1-6H3/q+1/b38-25-. The van der Waals surface area contributed by atoms with Gasteiger partial charge in [0.25, 0.3) is 0 Å². The quantitative estimate of drug-likeness (QED) is 0.145. The fraction of sp³-hybridized carbons (Fsp3) is 0.243. The largest absolute Gasteiger partial charge is 0.237 e. The van der Waals surface area contributed by atoms with Crippen LogP contribution in [0.2, 0.25) is 0 Å². The first-order valence-corrected chi connectivity index (χ1v) is 14.3. The Bertz CT molecular complexity index is 1790. The van der Waals surface area contributed by atoms with Crippen molar-refractivity contribution in [2.24, 2.45) is 5.10 Å². The van der Waals surface area contributed by atoms with Gasteiger partial charge in [-0.1, -0.05) is 93.6 Å². The number of fused-ring (bicyclic) bond motifs is 6. The predicted octanol–water partition coefficient (Wildman–Crippen LogP) is 9.19. The van der Waals surface area contributed by atoms with Gasteiger partial charge in [0.15, 0.2) is 5.71 Å². The monoisotopic (exact) mass is 524 g/mol. The normalized spacial score (nSPS) is 18.9. The number of hydrogen-bond donors (Lipinski definition) is 0. The summed E-state index contributed by atoms with van der Waals surface area (Å²) < 4.78 is 2.34. The number of hydrazone groups is 1. The van der Waals surface area contributed by atoms with E-state index in [9.17, 15) is 0 Å². The highest BCUT2D eigenvalue weighted by molar-refractivity contribution is 6.07. The van der Waals surface area contributed by atoms with Gasteiger partial charge >= 0.3 is 0 Å². The van der Waals surface area contributed by atoms with Crippen molar-refractivity contribution in [3.8, 4) is 0 Å². The maximum Gasteiger partial charge on any atom is 0.210 e. The van der Waals surface area contributed by atoms with E-state index in [0.717, 1.165) is 6.42 Å². The molecular formula is C37H38N3+. The molecule has 200 valence electrons. The van der Waals surface area contributed by atoms with E-state index in [2.05, 4.69) is 154 Å². The summed E-state index contributed by atoms with van der Waals surface area (Å²) in [5, 5.41) is 12.2. The zero-order chi connectivity index (χ0) is 28.1. The SMILES string of the molecule is CC/C=N\N1/C(=C/C=C/C=C/C2=[N+](C)c3ccc4ccccc4c3C2(C)C)C(C)(C)c2c1ccc1ccccc21. The molecule has 0 saturated heterocycles. The third kappa shape index (κ3) is 3.95. The lowest BCUT2D eigenvalue weighted by Crippen LogP contribution is -2.26.